The summed E-state index contributed by atoms with van der Waals surface area (Å²) in [6.07, 6.45) is 7.72. The van der Waals surface area contributed by atoms with E-state index in [0.717, 1.165) is 57.7 Å². The second-order valence-electron chi connectivity index (χ2n) is 7.20. The number of carboxylic acids is 1. The molecule has 0 aromatic heterocycles. The SMILES string of the molecule is O=C(O)C1CCCC(C(=O)N2CCC(OCC3CC3)CC2)C1. The molecule has 1 heterocycles. The Bertz CT molecular complexity index is 413. The van der Waals surface area contributed by atoms with Crippen LogP contribution in [-0.2, 0) is 14.3 Å². The van der Waals surface area contributed by atoms with Gasteiger partial charge in [-0.15, -0.1) is 0 Å². The molecule has 22 heavy (non-hydrogen) atoms. The highest BCUT2D eigenvalue weighted by molar-refractivity contribution is 5.80. The average Bonchev–Trinajstić information content (AvgIpc) is 3.37. The lowest BCUT2D eigenvalue weighted by Crippen LogP contribution is -2.45. The molecule has 2 unspecified atom stereocenters. The Morgan fingerprint density at radius 3 is 2.32 bits per heavy atom. The van der Waals surface area contributed by atoms with Gasteiger partial charge in [-0.05, 0) is 50.9 Å². The van der Waals surface area contributed by atoms with Gasteiger partial charge in [0.2, 0.25) is 5.91 Å². The smallest absolute Gasteiger partial charge is 0.306 e. The fourth-order valence-corrected chi connectivity index (χ4v) is 3.70. The van der Waals surface area contributed by atoms with Gasteiger partial charge < -0.3 is 14.7 Å². The average molecular weight is 309 g/mol. The molecule has 124 valence electrons. The lowest BCUT2D eigenvalue weighted by molar-refractivity contribution is -0.146. The Kier molecular flexibility index (Phi) is 5.01. The van der Waals surface area contributed by atoms with Gasteiger partial charge in [-0.3, -0.25) is 9.59 Å². The molecule has 1 amide bonds. The number of piperidine rings is 1. The quantitative estimate of drug-likeness (QED) is 0.846. The zero-order chi connectivity index (χ0) is 15.5. The van der Waals surface area contributed by atoms with E-state index in [2.05, 4.69) is 0 Å². The van der Waals surface area contributed by atoms with Crippen LogP contribution in [0.2, 0.25) is 0 Å². The second-order valence-corrected chi connectivity index (χ2v) is 7.20. The normalized spacial score (nSPS) is 30.3. The molecular formula is C17H27NO4. The molecule has 1 aliphatic heterocycles. The minimum Gasteiger partial charge on any atom is -0.481 e. The Balaban J connectivity index is 1.43. The zero-order valence-electron chi connectivity index (χ0n) is 13.2. The van der Waals surface area contributed by atoms with Crippen molar-refractivity contribution in [3.05, 3.63) is 0 Å². The first-order valence-electron chi connectivity index (χ1n) is 8.76. The number of hydrogen-bond donors (Lipinski definition) is 1. The van der Waals surface area contributed by atoms with E-state index in [4.69, 9.17) is 9.84 Å². The van der Waals surface area contributed by atoms with Gasteiger partial charge in [-0.25, -0.2) is 0 Å². The van der Waals surface area contributed by atoms with Crippen LogP contribution in [0.3, 0.4) is 0 Å². The first kappa shape index (κ1) is 15.8. The highest BCUT2D eigenvalue weighted by Crippen LogP contribution is 2.32. The van der Waals surface area contributed by atoms with E-state index in [1.54, 1.807) is 0 Å². The highest BCUT2D eigenvalue weighted by Gasteiger charge is 2.34. The third-order valence-corrected chi connectivity index (χ3v) is 5.39. The molecule has 2 saturated carbocycles. The zero-order valence-corrected chi connectivity index (χ0v) is 13.2. The summed E-state index contributed by atoms with van der Waals surface area (Å²) in [7, 11) is 0. The van der Waals surface area contributed by atoms with E-state index in [9.17, 15) is 9.59 Å². The van der Waals surface area contributed by atoms with Crippen LogP contribution in [0, 0.1) is 17.8 Å². The van der Waals surface area contributed by atoms with E-state index in [0.29, 0.717) is 12.5 Å². The van der Waals surface area contributed by atoms with Gasteiger partial charge in [0.05, 0.1) is 12.0 Å². The van der Waals surface area contributed by atoms with Crippen LogP contribution in [0.25, 0.3) is 0 Å². The van der Waals surface area contributed by atoms with Crippen LogP contribution in [0.5, 0.6) is 0 Å². The van der Waals surface area contributed by atoms with Crippen LogP contribution < -0.4 is 0 Å². The number of likely N-dealkylation sites (tertiary alicyclic amines) is 1. The van der Waals surface area contributed by atoms with Crippen molar-refractivity contribution in [2.45, 2.75) is 57.5 Å². The largest absolute Gasteiger partial charge is 0.481 e. The third kappa shape index (κ3) is 4.00. The number of ether oxygens (including phenoxy) is 1. The Morgan fingerprint density at radius 1 is 1.00 bits per heavy atom. The monoisotopic (exact) mass is 309 g/mol. The van der Waals surface area contributed by atoms with Gasteiger partial charge >= 0.3 is 5.97 Å². The molecule has 3 rings (SSSR count). The maximum absolute atomic E-state index is 12.6. The number of rotatable bonds is 5. The Labute approximate surface area is 132 Å². The van der Waals surface area contributed by atoms with Crippen molar-refractivity contribution in [3.8, 4) is 0 Å². The van der Waals surface area contributed by atoms with Crippen LogP contribution in [0.15, 0.2) is 0 Å². The molecule has 0 aromatic carbocycles. The number of carboxylic acid groups (broad SMARTS) is 1. The maximum atomic E-state index is 12.6. The van der Waals surface area contributed by atoms with Crippen LogP contribution in [0.4, 0.5) is 0 Å². The fourth-order valence-electron chi connectivity index (χ4n) is 3.70. The summed E-state index contributed by atoms with van der Waals surface area (Å²) >= 11 is 0. The van der Waals surface area contributed by atoms with E-state index in [1.165, 1.54) is 12.8 Å². The molecule has 2 atom stereocenters. The molecule has 1 N–H and O–H groups in total. The second kappa shape index (κ2) is 6.99. The van der Waals surface area contributed by atoms with Gasteiger partial charge in [0, 0.05) is 25.6 Å². The first-order valence-corrected chi connectivity index (χ1v) is 8.76. The van der Waals surface area contributed by atoms with E-state index in [1.807, 2.05) is 4.90 Å². The summed E-state index contributed by atoms with van der Waals surface area (Å²) in [5, 5.41) is 9.15. The van der Waals surface area contributed by atoms with E-state index in [-0.39, 0.29) is 17.7 Å². The van der Waals surface area contributed by atoms with Gasteiger partial charge in [0.25, 0.3) is 0 Å². The number of nitrogens with zero attached hydrogens (tertiary/aromatic N) is 1. The molecule has 3 aliphatic rings. The number of amides is 1. The number of aliphatic carboxylic acids is 1. The van der Waals surface area contributed by atoms with Crippen LogP contribution in [-0.4, -0.2) is 47.7 Å². The molecule has 0 spiro atoms. The van der Waals surface area contributed by atoms with Crippen molar-refractivity contribution in [2.75, 3.05) is 19.7 Å². The third-order valence-electron chi connectivity index (χ3n) is 5.39. The van der Waals surface area contributed by atoms with Crippen LogP contribution >= 0.6 is 0 Å². The maximum Gasteiger partial charge on any atom is 0.306 e. The predicted molar refractivity (Wildman–Crippen MR) is 81.4 cm³/mol. The van der Waals surface area contributed by atoms with Gasteiger partial charge in [0.15, 0.2) is 0 Å². The molecule has 3 fully saturated rings. The van der Waals surface area contributed by atoms with Gasteiger partial charge in [-0.1, -0.05) is 6.42 Å². The van der Waals surface area contributed by atoms with Crippen molar-refractivity contribution in [3.63, 3.8) is 0 Å². The minimum absolute atomic E-state index is 0.0845. The number of carbonyl (C=O) groups excluding carboxylic acids is 1. The minimum atomic E-state index is -0.746. The molecule has 2 aliphatic carbocycles. The summed E-state index contributed by atoms with van der Waals surface area (Å²) in [4.78, 5) is 25.7. The van der Waals surface area contributed by atoms with Crippen molar-refractivity contribution in [1.82, 2.24) is 4.90 Å². The summed E-state index contributed by atoms with van der Waals surface area (Å²) in [6.45, 7) is 2.42. The van der Waals surface area contributed by atoms with Crippen molar-refractivity contribution >= 4 is 11.9 Å². The molecular weight excluding hydrogens is 282 g/mol. The molecule has 0 aromatic rings. The van der Waals surface area contributed by atoms with Gasteiger partial charge in [0.1, 0.15) is 0 Å². The molecule has 0 radical (unpaired) electrons. The summed E-state index contributed by atoms with van der Waals surface area (Å²) in [5.41, 5.74) is 0. The molecule has 5 heteroatoms. The lowest BCUT2D eigenvalue weighted by atomic mass is 9.80. The van der Waals surface area contributed by atoms with Crippen molar-refractivity contribution in [2.24, 2.45) is 17.8 Å². The number of hydrogen-bond acceptors (Lipinski definition) is 3. The topological polar surface area (TPSA) is 66.8 Å². The predicted octanol–water partition coefficient (Wildman–Crippen LogP) is 2.29. The van der Waals surface area contributed by atoms with Crippen molar-refractivity contribution < 1.29 is 19.4 Å². The van der Waals surface area contributed by atoms with Crippen molar-refractivity contribution in [1.29, 1.82) is 0 Å². The van der Waals surface area contributed by atoms with E-state index < -0.39 is 5.97 Å². The van der Waals surface area contributed by atoms with E-state index >= 15 is 0 Å². The first-order chi connectivity index (χ1) is 10.6. The highest BCUT2D eigenvalue weighted by atomic mass is 16.5. The number of carbonyl (C=O) groups is 2. The Morgan fingerprint density at radius 2 is 1.68 bits per heavy atom. The molecule has 1 saturated heterocycles. The molecule has 0 bridgehead atoms. The fraction of sp³-hybridized carbons (Fsp3) is 0.882. The summed E-state index contributed by atoms with van der Waals surface area (Å²) in [5.74, 6) is -0.202. The summed E-state index contributed by atoms with van der Waals surface area (Å²) < 4.78 is 5.91. The summed E-state index contributed by atoms with van der Waals surface area (Å²) in [6, 6.07) is 0. The van der Waals surface area contributed by atoms with Crippen LogP contribution in [0.1, 0.15) is 51.4 Å². The van der Waals surface area contributed by atoms with Gasteiger partial charge in [-0.2, -0.15) is 0 Å². The lowest BCUT2D eigenvalue weighted by Gasteiger charge is -2.36. The molecule has 5 nitrogen and oxygen atoms in total. The standard InChI is InChI=1S/C17H27NO4/c19-16(13-2-1-3-14(10-13)17(20)21)18-8-6-15(7-9-18)22-11-12-4-5-12/h12-15H,1-11H2,(H,20,21). The Hall–Kier alpha value is -1.10.